The van der Waals surface area contributed by atoms with E-state index in [9.17, 15) is 8.42 Å². The number of hydrogen-bond donors (Lipinski definition) is 1. The topological polar surface area (TPSA) is 77.5 Å². The summed E-state index contributed by atoms with van der Waals surface area (Å²) >= 11 is 3.14. The molecule has 0 bridgehead atoms. The monoisotopic (exact) mass is 498 g/mol. The van der Waals surface area contributed by atoms with Crippen molar-refractivity contribution in [1.29, 1.82) is 0 Å². The van der Waals surface area contributed by atoms with Crippen LogP contribution < -0.4 is 9.61 Å². The summed E-state index contributed by atoms with van der Waals surface area (Å²) < 4.78 is 31.7. The molecular formula is C24H22N2O4S3. The highest BCUT2D eigenvalue weighted by Gasteiger charge is 2.35. The van der Waals surface area contributed by atoms with Gasteiger partial charge < -0.3 is 4.89 Å². The number of hydrogen-bond acceptors (Lipinski definition) is 7. The van der Waals surface area contributed by atoms with Crippen molar-refractivity contribution in [2.75, 3.05) is 12.9 Å². The van der Waals surface area contributed by atoms with Crippen molar-refractivity contribution in [2.45, 2.75) is 22.6 Å². The average molecular weight is 499 g/mol. The fraction of sp³-hybridized carbons (Fsp3) is 0.208. The SMILES string of the molecule is CSc1ccccc1C(NS(=O)(=O)C1CCOOc2ccccc21)c1cc2ccncc2s1. The molecule has 0 aliphatic carbocycles. The molecule has 3 heterocycles. The second-order valence-corrected chi connectivity index (χ2v) is 11.5. The second-order valence-electron chi connectivity index (χ2n) is 7.62. The van der Waals surface area contributed by atoms with Crippen LogP contribution in [0.1, 0.15) is 33.7 Å². The minimum Gasteiger partial charge on any atom is -0.337 e. The van der Waals surface area contributed by atoms with Gasteiger partial charge in [0, 0.05) is 27.7 Å². The van der Waals surface area contributed by atoms with Gasteiger partial charge in [-0.15, -0.1) is 23.1 Å². The number of aromatic nitrogens is 1. The zero-order valence-corrected chi connectivity index (χ0v) is 20.3. The number of pyridine rings is 1. The third-order valence-electron chi connectivity index (χ3n) is 5.61. The molecule has 4 aromatic rings. The summed E-state index contributed by atoms with van der Waals surface area (Å²) in [5.41, 5.74) is 1.52. The molecule has 0 amide bonds. The van der Waals surface area contributed by atoms with Crippen LogP contribution in [0.4, 0.5) is 0 Å². The first-order valence-corrected chi connectivity index (χ1v) is 14.0. The number of sulfonamides is 1. The molecule has 0 spiro atoms. The first-order chi connectivity index (χ1) is 16.1. The predicted octanol–water partition coefficient (Wildman–Crippen LogP) is 5.48. The van der Waals surface area contributed by atoms with E-state index in [0.29, 0.717) is 17.7 Å². The van der Waals surface area contributed by atoms with Crippen LogP contribution in [0, 0.1) is 0 Å². The largest absolute Gasteiger partial charge is 0.337 e. The van der Waals surface area contributed by atoms with E-state index in [1.54, 1.807) is 47.5 Å². The molecule has 33 heavy (non-hydrogen) atoms. The maximum atomic E-state index is 13.8. The number of para-hydroxylation sites is 1. The molecule has 2 unspecified atom stereocenters. The molecule has 1 N–H and O–H groups in total. The van der Waals surface area contributed by atoms with Crippen LogP contribution in [-0.2, 0) is 14.9 Å². The summed E-state index contributed by atoms with van der Waals surface area (Å²) in [6.07, 6.45) is 5.84. The number of thiophene rings is 1. The van der Waals surface area contributed by atoms with Crippen LogP contribution >= 0.6 is 23.1 Å². The lowest BCUT2D eigenvalue weighted by Crippen LogP contribution is -2.33. The summed E-state index contributed by atoms with van der Waals surface area (Å²) in [6, 6.07) is 18.5. The highest BCUT2D eigenvalue weighted by atomic mass is 32.2. The first-order valence-electron chi connectivity index (χ1n) is 10.4. The van der Waals surface area contributed by atoms with E-state index in [-0.39, 0.29) is 6.61 Å². The molecule has 2 aromatic carbocycles. The Hall–Kier alpha value is -2.43. The lowest BCUT2D eigenvalue weighted by atomic mass is 10.1. The van der Waals surface area contributed by atoms with Gasteiger partial charge in [-0.3, -0.25) is 4.98 Å². The number of benzene rings is 2. The third-order valence-corrected chi connectivity index (χ3v) is 9.38. The lowest BCUT2D eigenvalue weighted by Gasteiger charge is -2.24. The maximum Gasteiger partial charge on any atom is 0.219 e. The Morgan fingerprint density at radius 3 is 2.82 bits per heavy atom. The van der Waals surface area contributed by atoms with E-state index in [4.69, 9.17) is 9.78 Å². The molecule has 0 saturated carbocycles. The predicted molar refractivity (Wildman–Crippen MR) is 132 cm³/mol. The Labute approximate surface area is 200 Å². The molecule has 1 aliphatic heterocycles. The van der Waals surface area contributed by atoms with Gasteiger partial charge in [-0.25, -0.2) is 13.1 Å². The Balaban J connectivity index is 1.60. The van der Waals surface area contributed by atoms with E-state index in [0.717, 1.165) is 25.4 Å². The van der Waals surface area contributed by atoms with E-state index in [2.05, 4.69) is 9.71 Å². The molecule has 1 aliphatic rings. The fourth-order valence-corrected chi connectivity index (χ4v) is 7.53. The molecule has 9 heteroatoms. The van der Waals surface area contributed by atoms with Crippen molar-refractivity contribution in [1.82, 2.24) is 9.71 Å². The Morgan fingerprint density at radius 1 is 1.15 bits per heavy atom. The van der Waals surface area contributed by atoms with Gasteiger partial charge in [0.1, 0.15) is 5.25 Å². The molecule has 0 fully saturated rings. The van der Waals surface area contributed by atoms with E-state index in [1.165, 1.54) is 0 Å². The smallest absolute Gasteiger partial charge is 0.219 e. The standard InChI is InChI=1S/C24H22N2O4S3/c1-31-20-9-5-3-7-18(20)24(21-14-16-10-12-25-15-22(16)32-21)26-33(27,28)23-11-13-29-30-19-8-4-2-6-17(19)23/h2-10,12,14-15,23-24,26H,11,13H2,1H3. The lowest BCUT2D eigenvalue weighted by molar-refractivity contribution is -0.203. The van der Waals surface area contributed by atoms with E-state index < -0.39 is 21.3 Å². The molecule has 2 atom stereocenters. The Morgan fingerprint density at radius 2 is 1.97 bits per heavy atom. The normalized spacial score (nSPS) is 17.2. The van der Waals surface area contributed by atoms with Crippen LogP contribution in [-0.4, -0.2) is 26.3 Å². The van der Waals surface area contributed by atoms with Crippen molar-refractivity contribution in [3.63, 3.8) is 0 Å². The molecule has 2 aromatic heterocycles. The third kappa shape index (κ3) is 4.51. The zero-order chi connectivity index (χ0) is 22.8. The molecular weight excluding hydrogens is 476 g/mol. The van der Waals surface area contributed by atoms with Gasteiger partial charge >= 0.3 is 0 Å². The fourth-order valence-electron chi connectivity index (χ4n) is 4.03. The van der Waals surface area contributed by atoms with Crippen LogP contribution in [0.15, 0.2) is 78.0 Å². The highest BCUT2D eigenvalue weighted by molar-refractivity contribution is 7.98. The van der Waals surface area contributed by atoms with Gasteiger partial charge in [0.05, 0.1) is 17.3 Å². The van der Waals surface area contributed by atoms with Crippen molar-refractivity contribution in [3.8, 4) is 5.75 Å². The number of nitrogens with one attached hydrogen (secondary N) is 1. The van der Waals surface area contributed by atoms with Crippen molar-refractivity contribution >= 4 is 43.2 Å². The summed E-state index contributed by atoms with van der Waals surface area (Å²) in [5.74, 6) is 0.430. The molecule has 6 nitrogen and oxygen atoms in total. The molecule has 170 valence electrons. The van der Waals surface area contributed by atoms with Crippen molar-refractivity contribution in [3.05, 3.63) is 89.1 Å². The summed E-state index contributed by atoms with van der Waals surface area (Å²) in [6.45, 7) is 0.181. The number of rotatable bonds is 6. The summed E-state index contributed by atoms with van der Waals surface area (Å²) in [7, 11) is -3.81. The maximum absolute atomic E-state index is 13.8. The second kappa shape index (κ2) is 9.44. The van der Waals surface area contributed by atoms with Crippen LogP contribution in [0.25, 0.3) is 10.1 Å². The highest BCUT2D eigenvalue weighted by Crippen LogP contribution is 2.40. The van der Waals surface area contributed by atoms with Gasteiger partial charge in [0.15, 0.2) is 5.75 Å². The van der Waals surface area contributed by atoms with Gasteiger partial charge in [0.2, 0.25) is 10.0 Å². The Kier molecular flexibility index (Phi) is 6.40. The molecule has 0 radical (unpaired) electrons. The molecule has 5 rings (SSSR count). The van der Waals surface area contributed by atoms with Crippen LogP contribution in [0.5, 0.6) is 5.75 Å². The summed E-state index contributed by atoms with van der Waals surface area (Å²) in [5, 5.41) is 0.244. The average Bonchev–Trinajstić information content (AvgIpc) is 3.14. The number of nitrogens with zero attached hydrogens (tertiary/aromatic N) is 1. The minimum absolute atomic E-state index is 0.181. The zero-order valence-electron chi connectivity index (χ0n) is 17.8. The van der Waals surface area contributed by atoms with Crippen molar-refractivity contribution < 1.29 is 18.2 Å². The first kappa shape index (κ1) is 22.4. The quantitative estimate of drug-likeness (QED) is 0.280. The number of fused-ring (bicyclic) bond motifs is 2. The Bertz CT molecular complexity index is 1350. The van der Waals surface area contributed by atoms with Gasteiger partial charge in [-0.05, 0) is 47.9 Å². The number of thioether (sulfide) groups is 1. The van der Waals surface area contributed by atoms with Crippen LogP contribution in [0.2, 0.25) is 0 Å². The van der Waals surface area contributed by atoms with E-state index >= 15 is 0 Å². The van der Waals surface area contributed by atoms with E-state index in [1.807, 2.05) is 54.9 Å². The van der Waals surface area contributed by atoms with Gasteiger partial charge in [-0.1, -0.05) is 36.4 Å². The van der Waals surface area contributed by atoms with Crippen LogP contribution in [0.3, 0.4) is 0 Å². The van der Waals surface area contributed by atoms with Crippen molar-refractivity contribution in [2.24, 2.45) is 0 Å². The summed E-state index contributed by atoms with van der Waals surface area (Å²) in [4.78, 5) is 16.7. The molecule has 0 saturated heterocycles. The van der Waals surface area contributed by atoms with Gasteiger partial charge in [-0.2, -0.15) is 4.89 Å². The minimum atomic E-state index is -3.81. The van der Waals surface area contributed by atoms with Gasteiger partial charge in [0.25, 0.3) is 0 Å².